The summed E-state index contributed by atoms with van der Waals surface area (Å²) in [6, 6.07) is 4.46. The molecule has 1 aliphatic heterocycles. The van der Waals surface area contributed by atoms with Crippen molar-refractivity contribution in [3.63, 3.8) is 0 Å². The average molecular weight is 308 g/mol. The molecule has 2 rings (SSSR count). The third kappa shape index (κ3) is 6.30. The Balaban J connectivity index is 0.000000295. The second kappa shape index (κ2) is 7.98. The lowest BCUT2D eigenvalue weighted by molar-refractivity contribution is -0.138. The average Bonchev–Trinajstić information content (AvgIpc) is 2.41. The fraction of sp³-hybridized carbons (Fsp3) is 0.625. The Kier molecular flexibility index (Phi) is 6.61. The summed E-state index contributed by atoms with van der Waals surface area (Å²) in [5.74, 6) is 1.04. The van der Waals surface area contributed by atoms with Crippen molar-refractivity contribution in [1.82, 2.24) is 10.3 Å². The van der Waals surface area contributed by atoms with Crippen LogP contribution < -0.4 is 16.0 Å². The van der Waals surface area contributed by atoms with Crippen molar-refractivity contribution in [2.24, 2.45) is 0 Å². The third-order valence-electron chi connectivity index (χ3n) is 3.21. The fourth-order valence-corrected chi connectivity index (χ4v) is 2.02. The first-order chi connectivity index (χ1) is 10.2. The van der Waals surface area contributed by atoms with Crippen molar-refractivity contribution in [2.45, 2.75) is 46.3 Å². The van der Waals surface area contributed by atoms with Crippen LogP contribution in [0.25, 0.3) is 0 Å². The maximum Gasteiger partial charge on any atom is 0.293 e. The van der Waals surface area contributed by atoms with Gasteiger partial charge in [0.25, 0.3) is 6.47 Å². The molecule has 1 atom stereocenters. The largest absolute Gasteiger partial charge is 0.462 e. The predicted octanol–water partition coefficient (Wildman–Crippen LogP) is 1.73. The molecule has 124 valence electrons. The molecule has 0 saturated carbocycles. The quantitative estimate of drug-likeness (QED) is 0.810. The number of nitrogens with one attached hydrogen (secondary N) is 1. The minimum absolute atomic E-state index is 0.318. The molecule has 1 aromatic rings. The van der Waals surface area contributed by atoms with E-state index in [4.69, 9.17) is 5.73 Å². The molecule has 0 spiro atoms. The van der Waals surface area contributed by atoms with Gasteiger partial charge >= 0.3 is 0 Å². The Hall–Kier alpha value is -1.82. The van der Waals surface area contributed by atoms with Crippen molar-refractivity contribution >= 4 is 18.0 Å². The van der Waals surface area contributed by atoms with Gasteiger partial charge in [0.2, 0.25) is 0 Å². The topological polar surface area (TPSA) is 80.5 Å². The van der Waals surface area contributed by atoms with Gasteiger partial charge in [-0.2, -0.15) is 0 Å². The number of carbonyl (C=O) groups excluding carboxylic acids is 1. The van der Waals surface area contributed by atoms with Gasteiger partial charge in [0.1, 0.15) is 11.4 Å². The van der Waals surface area contributed by atoms with Crippen LogP contribution in [0.2, 0.25) is 0 Å². The zero-order chi connectivity index (χ0) is 16.8. The van der Waals surface area contributed by atoms with Gasteiger partial charge in [0, 0.05) is 25.7 Å². The van der Waals surface area contributed by atoms with Crippen LogP contribution in [0.3, 0.4) is 0 Å². The van der Waals surface area contributed by atoms with Crippen molar-refractivity contribution in [1.29, 1.82) is 0 Å². The number of hydrogen-bond donors (Lipinski definition) is 2. The van der Waals surface area contributed by atoms with Gasteiger partial charge < -0.3 is 20.7 Å². The second-order valence-corrected chi connectivity index (χ2v) is 6.47. The van der Waals surface area contributed by atoms with E-state index in [2.05, 4.69) is 26.9 Å². The molecule has 1 saturated heterocycles. The molecule has 6 heteroatoms. The Morgan fingerprint density at radius 1 is 1.45 bits per heavy atom. The molecule has 6 nitrogen and oxygen atoms in total. The molecule has 1 aromatic heterocycles. The lowest BCUT2D eigenvalue weighted by Crippen LogP contribution is -2.49. The predicted molar refractivity (Wildman–Crippen MR) is 90.0 cm³/mol. The van der Waals surface area contributed by atoms with E-state index >= 15 is 0 Å². The van der Waals surface area contributed by atoms with Crippen molar-refractivity contribution in [3.05, 3.63) is 17.8 Å². The zero-order valence-corrected chi connectivity index (χ0v) is 14.2. The Labute approximate surface area is 133 Å². The van der Waals surface area contributed by atoms with E-state index in [1.54, 1.807) is 0 Å². The van der Waals surface area contributed by atoms with E-state index in [9.17, 15) is 4.79 Å². The molecule has 0 radical (unpaired) electrons. The van der Waals surface area contributed by atoms with Crippen LogP contribution in [0, 0.1) is 6.92 Å². The number of hydrogen-bond acceptors (Lipinski definition) is 6. The number of ether oxygens (including phenoxy) is 1. The maximum atomic E-state index is 9.60. The van der Waals surface area contributed by atoms with E-state index in [0.29, 0.717) is 12.5 Å². The number of nitrogens with zero attached hydrogens (tertiary/aromatic N) is 2. The van der Waals surface area contributed by atoms with Crippen LogP contribution in [0.1, 0.15) is 33.4 Å². The number of nitrogens with two attached hydrogens (primary N) is 1. The summed E-state index contributed by atoms with van der Waals surface area (Å²) in [7, 11) is 0. The van der Waals surface area contributed by atoms with Gasteiger partial charge in [0.05, 0.1) is 11.4 Å². The zero-order valence-electron chi connectivity index (χ0n) is 14.2. The first kappa shape index (κ1) is 18.2. The Morgan fingerprint density at radius 2 is 2.14 bits per heavy atom. The highest BCUT2D eigenvalue weighted by Gasteiger charge is 2.16. The molecule has 1 fully saturated rings. The van der Waals surface area contributed by atoms with Crippen LogP contribution in [0.4, 0.5) is 11.5 Å². The second-order valence-electron chi connectivity index (χ2n) is 6.47. The number of aryl methyl sites for hydroxylation is 1. The van der Waals surface area contributed by atoms with Gasteiger partial charge in [-0.25, -0.2) is 4.98 Å². The van der Waals surface area contributed by atoms with Gasteiger partial charge in [-0.15, -0.1) is 0 Å². The SMILES string of the molecule is CC(C)(C)OC=O.Cc1nc(N2CCNC(C)C2)ccc1N. The van der Waals surface area contributed by atoms with E-state index in [1.165, 1.54) is 0 Å². The number of rotatable bonds is 2. The number of pyridine rings is 1. The van der Waals surface area contributed by atoms with Crippen molar-refractivity contribution in [2.75, 3.05) is 30.3 Å². The first-order valence-corrected chi connectivity index (χ1v) is 7.56. The number of aromatic nitrogens is 1. The number of anilines is 2. The summed E-state index contributed by atoms with van der Waals surface area (Å²) in [5.41, 5.74) is 7.12. The van der Waals surface area contributed by atoms with Gasteiger partial charge in [-0.1, -0.05) is 0 Å². The van der Waals surface area contributed by atoms with Crippen molar-refractivity contribution in [3.8, 4) is 0 Å². The summed E-state index contributed by atoms with van der Waals surface area (Å²) >= 11 is 0. The molecular formula is C16H28N4O2. The number of piperazine rings is 1. The summed E-state index contributed by atoms with van der Waals surface area (Å²) < 4.78 is 4.55. The summed E-state index contributed by atoms with van der Waals surface area (Å²) in [6.45, 7) is 13.1. The molecule has 0 amide bonds. The lowest BCUT2D eigenvalue weighted by Gasteiger charge is -2.32. The fourth-order valence-electron chi connectivity index (χ4n) is 2.02. The first-order valence-electron chi connectivity index (χ1n) is 7.56. The van der Waals surface area contributed by atoms with Crippen LogP contribution in [0.15, 0.2) is 12.1 Å². The minimum Gasteiger partial charge on any atom is -0.462 e. The Bertz CT molecular complexity index is 486. The molecule has 0 bridgehead atoms. The van der Waals surface area contributed by atoms with Crippen LogP contribution in [-0.2, 0) is 9.53 Å². The molecule has 0 aliphatic carbocycles. The summed E-state index contributed by atoms with van der Waals surface area (Å²) in [5, 5.41) is 3.41. The standard InChI is InChI=1S/C11H18N4.C5H10O2/c1-8-7-15(6-5-13-8)11-4-3-10(12)9(2)14-11;1-5(2,3)7-4-6/h3-4,8,13H,5-7,12H2,1-2H3;4H,1-3H3. The highest BCUT2D eigenvalue weighted by atomic mass is 16.5. The minimum atomic E-state index is -0.318. The van der Waals surface area contributed by atoms with Gasteiger partial charge in [-0.05, 0) is 46.8 Å². The Morgan fingerprint density at radius 3 is 2.59 bits per heavy atom. The number of carbonyl (C=O) groups is 1. The number of nitrogen functional groups attached to an aromatic ring is 1. The molecule has 1 aliphatic rings. The monoisotopic (exact) mass is 308 g/mol. The van der Waals surface area contributed by atoms with E-state index < -0.39 is 0 Å². The summed E-state index contributed by atoms with van der Waals surface area (Å²) in [6.07, 6.45) is 0. The van der Waals surface area contributed by atoms with E-state index in [0.717, 1.165) is 36.8 Å². The summed E-state index contributed by atoms with van der Waals surface area (Å²) in [4.78, 5) is 16.4. The van der Waals surface area contributed by atoms with Gasteiger partial charge in [-0.3, -0.25) is 4.79 Å². The smallest absolute Gasteiger partial charge is 0.293 e. The van der Waals surface area contributed by atoms with Crippen LogP contribution in [-0.4, -0.2) is 42.7 Å². The maximum absolute atomic E-state index is 9.60. The molecule has 1 unspecified atom stereocenters. The van der Waals surface area contributed by atoms with Crippen molar-refractivity contribution < 1.29 is 9.53 Å². The molecular weight excluding hydrogens is 280 g/mol. The van der Waals surface area contributed by atoms with Crippen LogP contribution in [0.5, 0.6) is 0 Å². The third-order valence-corrected chi connectivity index (χ3v) is 3.21. The lowest BCUT2D eigenvalue weighted by atomic mass is 10.2. The highest BCUT2D eigenvalue weighted by Crippen LogP contribution is 2.17. The highest BCUT2D eigenvalue weighted by molar-refractivity contribution is 5.50. The molecule has 22 heavy (non-hydrogen) atoms. The molecule has 0 aromatic carbocycles. The van der Waals surface area contributed by atoms with Gasteiger partial charge in [0.15, 0.2) is 0 Å². The molecule has 3 N–H and O–H groups in total. The molecule has 2 heterocycles. The van der Waals surface area contributed by atoms with E-state index in [1.807, 2.05) is 39.8 Å². The van der Waals surface area contributed by atoms with E-state index in [-0.39, 0.29) is 5.60 Å². The van der Waals surface area contributed by atoms with Crippen LogP contribution >= 0.6 is 0 Å². The normalized spacial score (nSPS) is 18.2.